The Kier molecular flexibility index (Phi) is 3.61. The zero-order valence-corrected chi connectivity index (χ0v) is 13.1. The van der Waals surface area contributed by atoms with Gasteiger partial charge in [-0.25, -0.2) is 8.78 Å². The van der Waals surface area contributed by atoms with Gasteiger partial charge in [0.1, 0.15) is 11.6 Å². The van der Waals surface area contributed by atoms with E-state index in [4.69, 9.17) is 4.52 Å². The molecule has 0 radical (unpaired) electrons. The van der Waals surface area contributed by atoms with Crippen LogP contribution in [-0.4, -0.2) is 22.6 Å². The Morgan fingerprint density at radius 3 is 2.75 bits per heavy atom. The molecule has 24 heavy (non-hydrogen) atoms. The van der Waals surface area contributed by atoms with E-state index in [9.17, 15) is 13.6 Å². The van der Waals surface area contributed by atoms with Crippen molar-refractivity contribution in [2.75, 3.05) is 11.4 Å². The second-order valence-electron chi connectivity index (χ2n) is 5.47. The molecular formula is C16H11F2N3O2S. The number of rotatable bonds is 3. The molecule has 0 N–H and O–H groups in total. The lowest BCUT2D eigenvalue weighted by molar-refractivity contribution is -0.117. The third kappa shape index (κ3) is 2.69. The number of hydrogen-bond donors (Lipinski definition) is 0. The Morgan fingerprint density at radius 2 is 2.04 bits per heavy atom. The number of halogens is 2. The van der Waals surface area contributed by atoms with Gasteiger partial charge in [-0.15, -0.1) is 11.3 Å². The molecule has 0 bridgehead atoms. The van der Waals surface area contributed by atoms with Crippen molar-refractivity contribution in [1.82, 2.24) is 10.1 Å². The second-order valence-corrected chi connectivity index (χ2v) is 6.41. The van der Waals surface area contributed by atoms with Crippen molar-refractivity contribution in [1.29, 1.82) is 0 Å². The van der Waals surface area contributed by atoms with Crippen LogP contribution in [0.2, 0.25) is 0 Å². The summed E-state index contributed by atoms with van der Waals surface area (Å²) >= 11 is 1.49. The van der Waals surface area contributed by atoms with E-state index in [1.807, 2.05) is 17.5 Å². The Morgan fingerprint density at radius 1 is 1.25 bits per heavy atom. The van der Waals surface area contributed by atoms with Crippen LogP contribution in [0.15, 0.2) is 40.2 Å². The molecule has 1 unspecified atom stereocenters. The van der Waals surface area contributed by atoms with E-state index in [2.05, 4.69) is 10.1 Å². The predicted octanol–water partition coefficient (Wildman–Crippen LogP) is 3.60. The number of nitrogens with zero attached hydrogens (tertiary/aromatic N) is 3. The van der Waals surface area contributed by atoms with Crippen LogP contribution in [-0.2, 0) is 4.79 Å². The molecule has 3 aromatic rings. The zero-order valence-electron chi connectivity index (χ0n) is 12.3. The second kappa shape index (κ2) is 5.79. The summed E-state index contributed by atoms with van der Waals surface area (Å²) in [5.41, 5.74) is 0.193. The summed E-state index contributed by atoms with van der Waals surface area (Å²) in [4.78, 5) is 18.8. The highest BCUT2D eigenvalue weighted by Crippen LogP contribution is 2.33. The number of aromatic nitrogens is 2. The van der Waals surface area contributed by atoms with Crippen molar-refractivity contribution < 1.29 is 18.1 Å². The van der Waals surface area contributed by atoms with Crippen molar-refractivity contribution in [3.8, 4) is 10.7 Å². The lowest BCUT2D eigenvalue weighted by atomic mass is 10.1. The van der Waals surface area contributed by atoms with Crippen LogP contribution in [0.4, 0.5) is 14.5 Å². The number of carbonyl (C=O) groups is 1. The third-order valence-electron chi connectivity index (χ3n) is 3.82. The van der Waals surface area contributed by atoms with E-state index in [0.717, 1.165) is 23.1 Å². The van der Waals surface area contributed by atoms with Gasteiger partial charge in [-0.2, -0.15) is 4.98 Å². The fourth-order valence-electron chi connectivity index (χ4n) is 2.72. The van der Waals surface area contributed by atoms with Gasteiger partial charge in [-0.1, -0.05) is 11.2 Å². The lowest BCUT2D eigenvalue weighted by Crippen LogP contribution is -2.24. The minimum Gasteiger partial charge on any atom is -0.339 e. The molecule has 0 aliphatic carbocycles. The van der Waals surface area contributed by atoms with Crippen LogP contribution >= 0.6 is 11.3 Å². The minimum atomic E-state index is -0.723. The number of hydrogen-bond acceptors (Lipinski definition) is 5. The quantitative estimate of drug-likeness (QED) is 0.726. The highest BCUT2D eigenvalue weighted by molar-refractivity contribution is 7.13. The Bertz CT molecular complexity index is 874. The van der Waals surface area contributed by atoms with Gasteiger partial charge in [0.15, 0.2) is 0 Å². The summed E-state index contributed by atoms with van der Waals surface area (Å²) in [6.45, 7) is 0.244. The van der Waals surface area contributed by atoms with Gasteiger partial charge in [-0.05, 0) is 23.6 Å². The molecular weight excluding hydrogens is 336 g/mol. The first-order valence-electron chi connectivity index (χ1n) is 7.24. The van der Waals surface area contributed by atoms with Gasteiger partial charge >= 0.3 is 0 Å². The SMILES string of the molecule is O=C1CC(c2nc(-c3cccs3)no2)CN1c1cc(F)cc(F)c1. The molecule has 1 aliphatic heterocycles. The molecule has 122 valence electrons. The molecule has 0 spiro atoms. The topological polar surface area (TPSA) is 59.2 Å². The summed E-state index contributed by atoms with van der Waals surface area (Å²) in [6.07, 6.45) is 0.157. The van der Waals surface area contributed by atoms with Crippen molar-refractivity contribution in [2.45, 2.75) is 12.3 Å². The van der Waals surface area contributed by atoms with Crippen molar-refractivity contribution in [3.05, 3.63) is 53.2 Å². The first kappa shape index (κ1) is 14.9. The highest BCUT2D eigenvalue weighted by atomic mass is 32.1. The van der Waals surface area contributed by atoms with Gasteiger partial charge in [-0.3, -0.25) is 4.79 Å². The largest absolute Gasteiger partial charge is 0.339 e. The number of amides is 1. The fraction of sp³-hybridized carbons (Fsp3) is 0.188. The first-order valence-corrected chi connectivity index (χ1v) is 8.12. The summed E-state index contributed by atoms with van der Waals surface area (Å²) in [5, 5.41) is 5.84. The maximum atomic E-state index is 13.4. The fourth-order valence-corrected chi connectivity index (χ4v) is 3.37. The van der Waals surface area contributed by atoms with Crippen LogP contribution in [0.5, 0.6) is 0 Å². The Balaban J connectivity index is 1.58. The molecule has 0 saturated carbocycles. The number of thiophene rings is 1. The monoisotopic (exact) mass is 347 g/mol. The minimum absolute atomic E-state index is 0.157. The van der Waals surface area contributed by atoms with Crippen molar-refractivity contribution in [2.24, 2.45) is 0 Å². The molecule has 4 rings (SSSR count). The third-order valence-corrected chi connectivity index (χ3v) is 4.68. The molecule has 1 amide bonds. The van der Waals surface area contributed by atoms with E-state index < -0.39 is 11.6 Å². The molecule has 1 aromatic carbocycles. The smallest absolute Gasteiger partial charge is 0.232 e. The molecule has 2 aromatic heterocycles. The van der Waals surface area contributed by atoms with E-state index >= 15 is 0 Å². The normalized spacial score (nSPS) is 17.7. The lowest BCUT2D eigenvalue weighted by Gasteiger charge is -2.16. The van der Waals surface area contributed by atoms with Crippen LogP contribution in [0.3, 0.4) is 0 Å². The molecule has 8 heteroatoms. The number of anilines is 1. The Hall–Kier alpha value is -2.61. The number of benzene rings is 1. The van der Waals surface area contributed by atoms with Gasteiger partial charge in [0.2, 0.25) is 17.6 Å². The molecule has 1 fully saturated rings. The molecule has 1 atom stereocenters. The van der Waals surface area contributed by atoms with Crippen LogP contribution < -0.4 is 4.90 Å². The van der Waals surface area contributed by atoms with Crippen LogP contribution in [0.1, 0.15) is 18.2 Å². The summed E-state index contributed by atoms with van der Waals surface area (Å²) < 4.78 is 32.0. The van der Waals surface area contributed by atoms with Gasteiger partial charge in [0, 0.05) is 24.7 Å². The van der Waals surface area contributed by atoms with Gasteiger partial charge in [0.05, 0.1) is 10.8 Å². The standard InChI is InChI=1S/C16H11F2N3O2S/c17-10-5-11(18)7-12(6-10)21-8-9(4-14(21)22)16-19-15(20-23-16)13-2-1-3-24-13/h1-3,5-7,9H,4,8H2. The van der Waals surface area contributed by atoms with Crippen molar-refractivity contribution >= 4 is 22.9 Å². The average molecular weight is 347 g/mol. The van der Waals surface area contributed by atoms with Gasteiger partial charge < -0.3 is 9.42 Å². The van der Waals surface area contributed by atoms with E-state index in [1.165, 1.54) is 16.2 Å². The van der Waals surface area contributed by atoms with Crippen LogP contribution in [0, 0.1) is 11.6 Å². The average Bonchev–Trinajstić information content (AvgIpc) is 3.26. The predicted molar refractivity (Wildman–Crippen MR) is 83.7 cm³/mol. The molecule has 1 aliphatic rings. The highest BCUT2D eigenvalue weighted by Gasteiger charge is 2.35. The zero-order chi connectivity index (χ0) is 16.7. The first-order chi connectivity index (χ1) is 11.6. The van der Waals surface area contributed by atoms with E-state index in [0.29, 0.717) is 11.7 Å². The summed E-state index contributed by atoms with van der Waals surface area (Å²) in [7, 11) is 0. The van der Waals surface area contributed by atoms with Crippen LogP contribution in [0.25, 0.3) is 10.7 Å². The van der Waals surface area contributed by atoms with Gasteiger partial charge in [0.25, 0.3) is 0 Å². The molecule has 3 heterocycles. The summed E-state index contributed by atoms with van der Waals surface area (Å²) in [5.74, 6) is -1.15. The maximum Gasteiger partial charge on any atom is 0.232 e. The number of carbonyl (C=O) groups excluding carboxylic acids is 1. The molecule has 1 saturated heterocycles. The maximum absolute atomic E-state index is 13.4. The van der Waals surface area contributed by atoms with E-state index in [1.54, 1.807) is 0 Å². The van der Waals surface area contributed by atoms with Crippen molar-refractivity contribution in [3.63, 3.8) is 0 Å². The van der Waals surface area contributed by atoms with E-state index in [-0.39, 0.29) is 30.5 Å². The Labute approximate surface area is 139 Å². The molecule has 5 nitrogen and oxygen atoms in total. The summed E-state index contributed by atoms with van der Waals surface area (Å²) in [6, 6.07) is 6.80.